The van der Waals surface area contributed by atoms with Crippen LogP contribution in [0.25, 0.3) is 5.78 Å². The van der Waals surface area contributed by atoms with Crippen molar-refractivity contribution >= 4 is 23.2 Å². The summed E-state index contributed by atoms with van der Waals surface area (Å²) in [6.07, 6.45) is 2.42. The van der Waals surface area contributed by atoms with E-state index in [9.17, 15) is 4.39 Å². The van der Waals surface area contributed by atoms with Gasteiger partial charge < -0.3 is 4.90 Å². The van der Waals surface area contributed by atoms with Crippen LogP contribution in [0.2, 0.25) is 5.02 Å². The summed E-state index contributed by atoms with van der Waals surface area (Å²) >= 11 is 5.94. The van der Waals surface area contributed by atoms with Gasteiger partial charge in [0.05, 0.1) is 11.1 Å². The molecule has 0 radical (unpaired) electrons. The summed E-state index contributed by atoms with van der Waals surface area (Å²) in [5.41, 5.74) is 3.13. The van der Waals surface area contributed by atoms with E-state index < -0.39 is 5.82 Å². The number of aryl methyl sites for hydroxylation is 1. The average Bonchev–Trinajstić information content (AvgIpc) is 3.15. The fourth-order valence-corrected chi connectivity index (χ4v) is 3.41. The highest BCUT2D eigenvalue weighted by molar-refractivity contribution is 6.30. The van der Waals surface area contributed by atoms with E-state index in [4.69, 9.17) is 11.6 Å². The Morgan fingerprint density at radius 2 is 2.17 bits per heavy atom. The van der Waals surface area contributed by atoms with Crippen LogP contribution < -0.4 is 4.90 Å². The molecule has 1 aliphatic rings. The first-order chi connectivity index (χ1) is 11.1. The maximum atomic E-state index is 13.4. The van der Waals surface area contributed by atoms with Gasteiger partial charge in [-0.1, -0.05) is 17.7 Å². The predicted molar refractivity (Wildman–Crippen MR) is 86.4 cm³/mol. The number of nitrogens with zero attached hydrogens (tertiary/aromatic N) is 5. The quantitative estimate of drug-likeness (QED) is 0.722. The van der Waals surface area contributed by atoms with Gasteiger partial charge in [-0.2, -0.15) is 14.6 Å². The van der Waals surface area contributed by atoms with E-state index in [0.29, 0.717) is 5.78 Å². The van der Waals surface area contributed by atoms with Gasteiger partial charge >= 0.3 is 0 Å². The van der Waals surface area contributed by atoms with Crippen molar-refractivity contribution in [1.82, 2.24) is 19.6 Å². The van der Waals surface area contributed by atoms with Gasteiger partial charge in [-0.25, -0.2) is 9.37 Å². The highest BCUT2D eigenvalue weighted by Gasteiger charge is 2.30. The third-order valence-electron chi connectivity index (χ3n) is 4.47. The number of anilines is 1. The molecule has 1 atom stereocenters. The second kappa shape index (κ2) is 5.16. The lowest BCUT2D eigenvalue weighted by Gasteiger charge is -2.27. The molecule has 0 amide bonds. The van der Waals surface area contributed by atoms with Gasteiger partial charge in [0.1, 0.15) is 18.0 Å². The number of rotatable bonds is 2. The third kappa shape index (κ3) is 2.16. The number of hydrogen-bond acceptors (Lipinski definition) is 4. The molecule has 3 heterocycles. The summed E-state index contributed by atoms with van der Waals surface area (Å²) in [7, 11) is 0. The number of hydrogen-bond donors (Lipinski definition) is 0. The largest absolute Gasteiger partial charge is 0.349 e. The van der Waals surface area contributed by atoms with Crippen LogP contribution in [-0.4, -0.2) is 26.1 Å². The van der Waals surface area contributed by atoms with Gasteiger partial charge in [0, 0.05) is 17.8 Å². The zero-order valence-corrected chi connectivity index (χ0v) is 13.5. The SMILES string of the molecule is Cc1nc2ncnn2c2c1CCN2[C@@H](C)c1ccc(F)c(Cl)c1. The molecule has 0 N–H and O–H groups in total. The molecular formula is C16H15ClFN5. The van der Waals surface area contributed by atoms with Crippen LogP contribution in [0.5, 0.6) is 0 Å². The lowest BCUT2D eigenvalue weighted by molar-refractivity contribution is 0.623. The highest BCUT2D eigenvalue weighted by atomic mass is 35.5. The Hall–Kier alpha value is -2.21. The zero-order chi connectivity index (χ0) is 16.1. The van der Waals surface area contributed by atoms with Crippen molar-refractivity contribution in [3.63, 3.8) is 0 Å². The lowest BCUT2D eigenvalue weighted by atomic mass is 10.1. The Morgan fingerprint density at radius 1 is 1.35 bits per heavy atom. The minimum absolute atomic E-state index is 0.0450. The van der Waals surface area contributed by atoms with Crippen molar-refractivity contribution < 1.29 is 4.39 Å². The zero-order valence-electron chi connectivity index (χ0n) is 12.8. The third-order valence-corrected chi connectivity index (χ3v) is 4.76. The van der Waals surface area contributed by atoms with Crippen LogP contribution in [-0.2, 0) is 6.42 Å². The number of halogens is 2. The molecule has 0 saturated heterocycles. The van der Waals surface area contributed by atoms with Gasteiger partial charge in [0.25, 0.3) is 5.78 Å². The van der Waals surface area contributed by atoms with Crippen LogP contribution in [0.3, 0.4) is 0 Å². The Bertz CT molecular complexity index is 907. The predicted octanol–water partition coefficient (Wildman–Crippen LogP) is 3.35. The molecule has 0 unspecified atom stereocenters. The lowest BCUT2D eigenvalue weighted by Crippen LogP contribution is -2.26. The molecule has 0 saturated carbocycles. The monoisotopic (exact) mass is 331 g/mol. The molecule has 3 aromatic rings. The first kappa shape index (κ1) is 14.4. The molecule has 7 heteroatoms. The highest BCUT2D eigenvalue weighted by Crippen LogP contribution is 2.36. The molecule has 0 spiro atoms. The normalized spacial score (nSPS) is 15.2. The standard InChI is InChI=1S/C16H15ClFN5/c1-9-12-5-6-22(15(12)23-16(21-9)19-8-20-23)10(2)11-3-4-14(18)13(17)7-11/h3-4,7-8,10H,5-6H2,1-2H3/t10-/m0/s1. The van der Waals surface area contributed by atoms with Gasteiger partial charge in [-0.05, 0) is 38.0 Å². The van der Waals surface area contributed by atoms with E-state index in [2.05, 4.69) is 26.9 Å². The maximum absolute atomic E-state index is 13.4. The van der Waals surface area contributed by atoms with Crippen molar-refractivity contribution in [1.29, 1.82) is 0 Å². The van der Waals surface area contributed by atoms with Gasteiger partial charge in [-0.3, -0.25) is 0 Å². The summed E-state index contributed by atoms with van der Waals surface area (Å²) < 4.78 is 15.2. The Kier molecular flexibility index (Phi) is 3.23. The molecule has 4 rings (SSSR count). The number of benzene rings is 1. The average molecular weight is 332 g/mol. The molecule has 0 fully saturated rings. The van der Waals surface area contributed by atoms with Gasteiger partial charge in [-0.15, -0.1) is 0 Å². The first-order valence-electron chi connectivity index (χ1n) is 7.47. The van der Waals surface area contributed by atoms with Crippen LogP contribution in [0.4, 0.5) is 10.2 Å². The summed E-state index contributed by atoms with van der Waals surface area (Å²) in [5, 5.41) is 4.45. The molecule has 118 valence electrons. The molecule has 0 aliphatic carbocycles. The smallest absolute Gasteiger partial charge is 0.254 e. The van der Waals surface area contributed by atoms with E-state index in [-0.39, 0.29) is 11.1 Å². The van der Waals surface area contributed by atoms with Crippen molar-refractivity contribution in [2.45, 2.75) is 26.3 Å². The van der Waals surface area contributed by atoms with Crippen LogP contribution in [0.1, 0.15) is 29.8 Å². The second-order valence-corrected chi connectivity index (χ2v) is 6.17. The van der Waals surface area contributed by atoms with Gasteiger partial charge in [0.2, 0.25) is 0 Å². The van der Waals surface area contributed by atoms with E-state index in [1.807, 2.05) is 6.92 Å². The Labute approximate surface area is 137 Å². The molecule has 0 bridgehead atoms. The Morgan fingerprint density at radius 3 is 2.96 bits per heavy atom. The maximum Gasteiger partial charge on any atom is 0.254 e. The molecule has 23 heavy (non-hydrogen) atoms. The van der Waals surface area contributed by atoms with E-state index in [1.165, 1.54) is 18.0 Å². The van der Waals surface area contributed by atoms with Gasteiger partial charge in [0.15, 0.2) is 0 Å². The summed E-state index contributed by atoms with van der Waals surface area (Å²) in [6.45, 7) is 4.93. The number of aromatic nitrogens is 4. The summed E-state index contributed by atoms with van der Waals surface area (Å²) in [4.78, 5) is 10.9. The fraction of sp³-hybridized carbons (Fsp3) is 0.312. The van der Waals surface area contributed by atoms with Crippen molar-refractivity contribution in [3.8, 4) is 0 Å². The minimum Gasteiger partial charge on any atom is -0.349 e. The van der Waals surface area contributed by atoms with E-state index in [1.54, 1.807) is 16.6 Å². The summed E-state index contributed by atoms with van der Waals surface area (Å²) in [6, 6.07) is 4.92. The summed E-state index contributed by atoms with van der Waals surface area (Å²) in [5.74, 6) is 1.21. The van der Waals surface area contributed by atoms with Crippen molar-refractivity contribution in [3.05, 3.63) is 52.2 Å². The molecule has 1 aromatic carbocycles. The van der Waals surface area contributed by atoms with Crippen LogP contribution >= 0.6 is 11.6 Å². The van der Waals surface area contributed by atoms with E-state index in [0.717, 1.165) is 30.0 Å². The van der Waals surface area contributed by atoms with Crippen molar-refractivity contribution in [2.75, 3.05) is 11.4 Å². The molecule has 2 aromatic heterocycles. The molecular weight excluding hydrogens is 317 g/mol. The topological polar surface area (TPSA) is 46.3 Å². The van der Waals surface area contributed by atoms with Crippen molar-refractivity contribution in [2.24, 2.45) is 0 Å². The number of fused-ring (bicyclic) bond motifs is 3. The molecule has 5 nitrogen and oxygen atoms in total. The minimum atomic E-state index is -0.400. The Balaban J connectivity index is 1.82. The van der Waals surface area contributed by atoms with Crippen LogP contribution in [0, 0.1) is 12.7 Å². The second-order valence-electron chi connectivity index (χ2n) is 5.76. The first-order valence-corrected chi connectivity index (χ1v) is 7.85. The van der Waals surface area contributed by atoms with E-state index >= 15 is 0 Å². The molecule has 1 aliphatic heterocycles. The van der Waals surface area contributed by atoms with Crippen LogP contribution in [0.15, 0.2) is 24.5 Å². The fourth-order valence-electron chi connectivity index (χ4n) is 3.22.